The normalized spacial score (nSPS) is 10.0. The van der Waals surface area contributed by atoms with Gasteiger partial charge in [-0.25, -0.2) is 0 Å². The van der Waals surface area contributed by atoms with Crippen LogP contribution in [0.1, 0.15) is 20.3 Å². The van der Waals surface area contributed by atoms with Gasteiger partial charge in [-0.15, -0.1) is 10.2 Å². The van der Waals surface area contributed by atoms with Crippen LogP contribution in [0, 0.1) is 11.3 Å². The molecule has 0 spiro atoms. The van der Waals surface area contributed by atoms with Crippen molar-refractivity contribution in [3.8, 4) is 6.07 Å². The van der Waals surface area contributed by atoms with Gasteiger partial charge < -0.3 is 4.90 Å². The summed E-state index contributed by atoms with van der Waals surface area (Å²) >= 11 is 1.50. The molecule has 0 saturated carbocycles. The van der Waals surface area contributed by atoms with E-state index in [9.17, 15) is 0 Å². The van der Waals surface area contributed by atoms with Crippen molar-refractivity contribution in [1.29, 1.82) is 5.26 Å². The van der Waals surface area contributed by atoms with E-state index < -0.39 is 0 Å². The summed E-state index contributed by atoms with van der Waals surface area (Å²) in [6.45, 7) is 4.89. The lowest BCUT2D eigenvalue weighted by Gasteiger charge is -2.24. The lowest BCUT2D eigenvalue weighted by atomic mass is 10.3. The Hall–Kier alpha value is -1.15. The predicted molar refractivity (Wildman–Crippen MR) is 52.6 cm³/mol. The Bertz CT molecular complexity index is 275. The fourth-order valence-corrected chi connectivity index (χ4v) is 1.76. The maximum Gasteiger partial charge on any atom is 0.208 e. The zero-order chi connectivity index (χ0) is 9.68. The minimum Gasteiger partial charge on any atom is -0.343 e. The van der Waals surface area contributed by atoms with Crippen LogP contribution in [-0.2, 0) is 0 Å². The van der Waals surface area contributed by atoms with Gasteiger partial charge in [0.1, 0.15) is 5.51 Å². The molecule has 5 heteroatoms. The average molecular weight is 196 g/mol. The monoisotopic (exact) mass is 196 g/mol. The average Bonchev–Trinajstić information content (AvgIpc) is 2.57. The van der Waals surface area contributed by atoms with E-state index in [2.05, 4.69) is 35.0 Å². The highest BCUT2D eigenvalue weighted by Crippen LogP contribution is 2.18. The second kappa shape index (κ2) is 4.77. The summed E-state index contributed by atoms with van der Waals surface area (Å²) in [7, 11) is 0. The highest BCUT2D eigenvalue weighted by atomic mass is 32.1. The SMILES string of the molecule is CC(C)N(CCC#N)c1nncs1. The fraction of sp³-hybridized carbons (Fsp3) is 0.625. The third-order valence-electron chi connectivity index (χ3n) is 1.68. The number of nitriles is 1. The Morgan fingerprint density at radius 1 is 1.69 bits per heavy atom. The van der Waals surface area contributed by atoms with Gasteiger partial charge in [0.05, 0.1) is 12.5 Å². The van der Waals surface area contributed by atoms with E-state index in [1.807, 2.05) is 0 Å². The molecule has 1 aromatic heterocycles. The first kappa shape index (κ1) is 9.93. The van der Waals surface area contributed by atoms with Gasteiger partial charge in [0, 0.05) is 12.6 Å². The molecule has 0 N–H and O–H groups in total. The minimum absolute atomic E-state index is 0.362. The van der Waals surface area contributed by atoms with E-state index in [1.54, 1.807) is 5.51 Å². The summed E-state index contributed by atoms with van der Waals surface area (Å²) in [5, 5.41) is 17.1. The number of nitrogens with zero attached hydrogens (tertiary/aromatic N) is 4. The van der Waals surface area contributed by atoms with Gasteiger partial charge in [0.25, 0.3) is 0 Å². The summed E-state index contributed by atoms with van der Waals surface area (Å²) in [5.41, 5.74) is 1.71. The standard InChI is InChI=1S/C8H12N4S/c1-7(2)12(5-3-4-9)8-11-10-6-13-8/h6-7H,3,5H2,1-2H3. The topological polar surface area (TPSA) is 52.8 Å². The van der Waals surface area contributed by atoms with Crippen LogP contribution in [0.4, 0.5) is 5.13 Å². The number of rotatable bonds is 4. The largest absolute Gasteiger partial charge is 0.343 e. The molecule has 0 atom stereocenters. The second-order valence-electron chi connectivity index (χ2n) is 2.92. The summed E-state index contributed by atoms with van der Waals surface area (Å²) in [4.78, 5) is 2.08. The summed E-state index contributed by atoms with van der Waals surface area (Å²) in [6.07, 6.45) is 0.526. The number of hydrogen-bond donors (Lipinski definition) is 0. The van der Waals surface area contributed by atoms with Crippen molar-refractivity contribution in [2.45, 2.75) is 26.3 Å². The first-order valence-corrected chi connectivity index (χ1v) is 5.03. The van der Waals surface area contributed by atoms with Crippen molar-refractivity contribution in [1.82, 2.24) is 10.2 Å². The maximum absolute atomic E-state index is 8.49. The molecule has 1 aromatic rings. The highest BCUT2D eigenvalue weighted by Gasteiger charge is 2.12. The highest BCUT2D eigenvalue weighted by molar-refractivity contribution is 7.13. The molecule has 0 fully saturated rings. The minimum atomic E-state index is 0.362. The van der Waals surface area contributed by atoms with Crippen LogP contribution in [0.2, 0.25) is 0 Å². The molecule has 0 bridgehead atoms. The maximum atomic E-state index is 8.49. The molecular weight excluding hydrogens is 184 g/mol. The Balaban J connectivity index is 2.64. The third kappa shape index (κ3) is 2.67. The van der Waals surface area contributed by atoms with Gasteiger partial charge in [-0.1, -0.05) is 11.3 Å². The Kier molecular flexibility index (Phi) is 3.65. The van der Waals surface area contributed by atoms with E-state index >= 15 is 0 Å². The summed E-state index contributed by atoms with van der Waals surface area (Å²) in [6, 6.07) is 2.49. The number of hydrogen-bond acceptors (Lipinski definition) is 5. The Labute approximate surface area is 81.8 Å². The van der Waals surface area contributed by atoms with Crippen LogP contribution in [0.25, 0.3) is 0 Å². The van der Waals surface area contributed by atoms with E-state index in [1.165, 1.54) is 11.3 Å². The third-order valence-corrected chi connectivity index (χ3v) is 2.41. The van der Waals surface area contributed by atoms with Crippen molar-refractivity contribution in [2.75, 3.05) is 11.4 Å². The zero-order valence-corrected chi connectivity index (χ0v) is 8.58. The predicted octanol–water partition coefficient (Wildman–Crippen LogP) is 1.67. The fourth-order valence-electron chi connectivity index (χ4n) is 1.04. The molecule has 0 aliphatic heterocycles. The van der Waals surface area contributed by atoms with Crippen LogP contribution in [0.5, 0.6) is 0 Å². The lowest BCUT2D eigenvalue weighted by Crippen LogP contribution is -2.31. The van der Waals surface area contributed by atoms with Gasteiger partial charge in [-0.05, 0) is 13.8 Å². The van der Waals surface area contributed by atoms with Crippen molar-refractivity contribution in [3.63, 3.8) is 0 Å². The van der Waals surface area contributed by atoms with Gasteiger partial charge in [0.2, 0.25) is 5.13 Å². The molecule has 0 aromatic carbocycles. The van der Waals surface area contributed by atoms with Crippen molar-refractivity contribution < 1.29 is 0 Å². The quantitative estimate of drug-likeness (QED) is 0.735. The Morgan fingerprint density at radius 2 is 2.46 bits per heavy atom. The summed E-state index contributed by atoms with van der Waals surface area (Å²) in [5.74, 6) is 0. The molecule has 70 valence electrons. The van der Waals surface area contributed by atoms with Crippen molar-refractivity contribution in [3.05, 3.63) is 5.51 Å². The molecule has 0 aliphatic carbocycles. The molecule has 4 nitrogen and oxygen atoms in total. The van der Waals surface area contributed by atoms with Crippen molar-refractivity contribution in [2.24, 2.45) is 0 Å². The zero-order valence-electron chi connectivity index (χ0n) is 7.77. The van der Waals surface area contributed by atoms with Crippen LogP contribution in [0.15, 0.2) is 5.51 Å². The molecule has 0 aliphatic rings. The van der Waals surface area contributed by atoms with E-state index in [0.29, 0.717) is 12.5 Å². The molecular formula is C8H12N4S. The molecule has 0 saturated heterocycles. The molecule has 13 heavy (non-hydrogen) atoms. The van der Waals surface area contributed by atoms with Crippen LogP contribution in [0.3, 0.4) is 0 Å². The van der Waals surface area contributed by atoms with Gasteiger partial charge in [0.15, 0.2) is 0 Å². The first-order valence-electron chi connectivity index (χ1n) is 4.15. The van der Waals surface area contributed by atoms with Crippen LogP contribution >= 0.6 is 11.3 Å². The van der Waals surface area contributed by atoms with E-state index in [0.717, 1.165) is 11.7 Å². The van der Waals surface area contributed by atoms with Crippen LogP contribution in [-0.4, -0.2) is 22.8 Å². The molecule has 1 rings (SSSR count). The molecule has 1 heterocycles. The molecule has 0 unspecified atom stereocenters. The molecule has 0 amide bonds. The van der Waals surface area contributed by atoms with Gasteiger partial charge >= 0.3 is 0 Å². The van der Waals surface area contributed by atoms with E-state index in [4.69, 9.17) is 5.26 Å². The van der Waals surface area contributed by atoms with E-state index in [-0.39, 0.29) is 0 Å². The smallest absolute Gasteiger partial charge is 0.208 e. The second-order valence-corrected chi connectivity index (χ2v) is 3.73. The number of anilines is 1. The Morgan fingerprint density at radius 3 is 2.92 bits per heavy atom. The van der Waals surface area contributed by atoms with Gasteiger partial charge in [-0.2, -0.15) is 5.26 Å². The van der Waals surface area contributed by atoms with Gasteiger partial charge in [-0.3, -0.25) is 0 Å². The lowest BCUT2D eigenvalue weighted by molar-refractivity contribution is 0.680. The summed E-state index contributed by atoms with van der Waals surface area (Å²) < 4.78 is 0. The molecule has 0 radical (unpaired) electrons. The first-order chi connectivity index (χ1) is 6.25. The van der Waals surface area contributed by atoms with Crippen molar-refractivity contribution >= 4 is 16.5 Å². The van der Waals surface area contributed by atoms with Crippen LogP contribution < -0.4 is 4.90 Å². The number of aromatic nitrogens is 2.